The third-order valence-electron chi connectivity index (χ3n) is 4.50. The van der Waals surface area contributed by atoms with E-state index in [9.17, 15) is 0 Å². The number of nitrogen functional groups attached to an aromatic ring is 1. The molecule has 2 atom stereocenters. The number of likely N-dealkylation sites (tertiary alicyclic amines) is 1. The molecule has 2 unspecified atom stereocenters. The first-order chi connectivity index (χ1) is 11.0. The van der Waals surface area contributed by atoms with Crippen LogP contribution in [-0.4, -0.2) is 50.8 Å². The second-order valence-corrected chi connectivity index (χ2v) is 6.92. The molecule has 3 rings (SSSR count). The Morgan fingerprint density at radius 1 is 1.26 bits per heavy atom. The lowest BCUT2D eigenvalue weighted by molar-refractivity contribution is 0.141. The van der Waals surface area contributed by atoms with Crippen LogP contribution in [0.25, 0.3) is 11.0 Å². The Kier molecular flexibility index (Phi) is 4.66. The Morgan fingerprint density at radius 3 is 2.74 bits per heavy atom. The Balaban J connectivity index is 1.52. The molecular weight excluding hydrogens is 290 g/mol. The highest BCUT2D eigenvalue weighted by atomic mass is 15.3. The van der Waals surface area contributed by atoms with Crippen molar-refractivity contribution in [3.8, 4) is 0 Å². The van der Waals surface area contributed by atoms with E-state index < -0.39 is 0 Å². The first-order valence-corrected chi connectivity index (χ1v) is 8.44. The summed E-state index contributed by atoms with van der Waals surface area (Å²) in [6.07, 6.45) is 4.13. The number of hydrogen-bond acceptors (Lipinski definition) is 6. The van der Waals surface area contributed by atoms with Gasteiger partial charge in [0.05, 0.1) is 11.6 Å². The molecule has 1 aliphatic rings. The smallest absolute Gasteiger partial charge is 0.226 e. The maximum atomic E-state index is 5.97. The van der Waals surface area contributed by atoms with Crippen molar-refractivity contribution < 1.29 is 0 Å². The van der Waals surface area contributed by atoms with E-state index in [4.69, 9.17) is 5.73 Å². The van der Waals surface area contributed by atoms with Crippen LogP contribution in [0, 0.1) is 11.8 Å². The van der Waals surface area contributed by atoms with E-state index in [1.807, 2.05) is 7.05 Å². The summed E-state index contributed by atoms with van der Waals surface area (Å²) in [4.78, 5) is 11.4. The van der Waals surface area contributed by atoms with Crippen LogP contribution in [0.1, 0.15) is 26.7 Å². The summed E-state index contributed by atoms with van der Waals surface area (Å²) in [7, 11) is 1.86. The quantitative estimate of drug-likeness (QED) is 0.817. The predicted octanol–water partition coefficient (Wildman–Crippen LogP) is 1.73. The average molecular weight is 317 g/mol. The van der Waals surface area contributed by atoms with Gasteiger partial charge in [-0.1, -0.05) is 13.8 Å². The summed E-state index contributed by atoms with van der Waals surface area (Å²) in [6.45, 7) is 9.10. The van der Waals surface area contributed by atoms with Gasteiger partial charge in [0.2, 0.25) is 5.95 Å². The number of hydrogen-bond donors (Lipinski definition) is 2. The number of fused-ring (bicyclic) bond motifs is 1. The summed E-state index contributed by atoms with van der Waals surface area (Å²) in [5, 5.41) is 8.26. The van der Waals surface area contributed by atoms with Gasteiger partial charge in [-0.15, -0.1) is 0 Å². The molecule has 23 heavy (non-hydrogen) atoms. The lowest BCUT2D eigenvalue weighted by atomic mass is 9.92. The molecule has 1 saturated heterocycles. The molecule has 7 nitrogen and oxygen atoms in total. The number of rotatable bonds is 5. The van der Waals surface area contributed by atoms with Gasteiger partial charge >= 0.3 is 0 Å². The topological polar surface area (TPSA) is 84.9 Å². The maximum absolute atomic E-state index is 5.97. The van der Waals surface area contributed by atoms with Crippen LogP contribution in [0.3, 0.4) is 0 Å². The van der Waals surface area contributed by atoms with Gasteiger partial charge in [-0.25, -0.2) is 0 Å². The van der Waals surface area contributed by atoms with E-state index in [-0.39, 0.29) is 0 Å². The Bertz CT molecular complexity index is 656. The summed E-state index contributed by atoms with van der Waals surface area (Å²) in [5.41, 5.74) is 6.73. The van der Waals surface area contributed by atoms with Crippen molar-refractivity contribution in [3.63, 3.8) is 0 Å². The third-order valence-corrected chi connectivity index (χ3v) is 4.50. The largest absolute Gasteiger partial charge is 0.383 e. The van der Waals surface area contributed by atoms with Gasteiger partial charge in [0.25, 0.3) is 0 Å². The highest BCUT2D eigenvalue weighted by molar-refractivity contribution is 5.86. The van der Waals surface area contributed by atoms with Gasteiger partial charge in [0.15, 0.2) is 5.65 Å². The van der Waals surface area contributed by atoms with Crippen molar-refractivity contribution in [2.24, 2.45) is 18.9 Å². The zero-order valence-electron chi connectivity index (χ0n) is 14.3. The summed E-state index contributed by atoms with van der Waals surface area (Å²) in [5.74, 6) is 2.67. The molecule has 2 aromatic heterocycles. The van der Waals surface area contributed by atoms with Gasteiger partial charge in [0, 0.05) is 26.7 Å². The standard InChI is InChI=1S/C16H27N7/c1-11-7-12(2)10-23(9-11)6-4-5-18-16-20-14(17)13-8-19-22(3)15(13)21-16/h8,11-12H,4-7,9-10H2,1-3H3,(H3,17,18,20,21). The van der Waals surface area contributed by atoms with Gasteiger partial charge in [0.1, 0.15) is 5.82 Å². The van der Waals surface area contributed by atoms with Crippen LogP contribution in [-0.2, 0) is 7.05 Å². The SMILES string of the molecule is CC1CC(C)CN(CCCNc2nc(N)c3cnn(C)c3n2)C1. The molecule has 1 fully saturated rings. The van der Waals surface area contributed by atoms with E-state index in [1.165, 1.54) is 19.5 Å². The molecule has 3 heterocycles. The van der Waals surface area contributed by atoms with Gasteiger partial charge in [-0.2, -0.15) is 15.1 Å². The number of piperidine rings is 1. The zero-order chi connectivity index (χ0) is 16.4. The minimum absolute atomic E-state index is 0.476. The predicted molar refractivity (Wildman–Crippen MR) is 93.2 cm³/mol. The number of anilines is 2. The van der Waals surface area contributed by atoms with Crippen molar-refractivity contribution in [2.45, 2.75) is 26.7 Å². The van der Waals surface area contributed by atoms with Crippen LogP contribution >= 0.6 is 0 Å². The zero-order valence-corrected chi connectivity index (χ0v) is 14.3. The normalized spacial score (nSPS) is 22.6. The molecule has 126 valence electrons. The molecule has 0 aromatic carbocycles. The van der Waals surface area contributed by atoms with Crippen LogP contribution in [0.4, 0.5) is 11.8 Å². The molecule has 0 bridgehead atoms. The van der Waals surface area contributed by atoms with Crippen LogP contribution < -0.4 is 11.1 Å². The molecular formula is C16H27N7. The molecule has 7 heteroatoms. The van der Waals surface area contributed by atoms with E-state index in [2.05, 4.69) is 39.1 Å². The average Bonchev–Trinajstić information content (AvgIpc) is 2.85. The first kappa shape index (κ1) is 16.0. The number of nitrogens with zero attached hydrogens (tertiary/aromatic N) is 5. The fraction of sp³-hybridized carbons (Fsp3) is 0.688. The lowest BCUT2D eigenvalue weighted by Crippen LogP contribution is -2.39. The van der Waals surface area contributed by atoms with E-state index >= 15 is 0 Å². The molecule has 0 saturated carbocycles. The van der Waals surface area contributed by atoms with Crippen molar-refractivity contribution in [3.05, 3.63) is 6.20 Å². The molecule has 0 amide bonds. The number of aryl methyl sites for hydroxylation is 1. The second-order valence-electron chi connectivity index (χ2n) is 6.92. The maximum Gasteiger partial charge on any atom is 0.226 e. The Labute approximate surface area is 137 Å². The molecule has 0 radical (unpaired) electrons. The minimum Gasteiger partial charge on any atom is -0.383 e. The minimum atomic E-state index is 0.476. The highest BCUT2D eigenvalue weighted by Crippen LogP contribution is 2.21. The first-order valence-electron chi connectivity index (χ1n) is 8.44. The number of aromatic nitrogens is 4. The van der Waals surface area contributed by atoms with Gasteiger partial charge in [-0.05, 0) is 31.2 Å². The van der Waals surface area contributed by atoms with Gasteiger partial charge < -0.3 is 16.0 Å². The van der Waals surface area contributed by atoms with E-state index in [0.717, 1.165) is 42.4 Å². The van der Waals surface area contributed by atoms with Crippen LogP contribution in [0.5, 0.6) is 0 Å². The summed E-state index contributed by atoms with van der Waals surface area (Å²) in [6, 6.07) is 0. The van der Waals surface area contributed by atoms with Crippen molar-refractivity contribution in [1.82, 2.24) is 24.6 Å². The monoisotopic (exact) mass is 317 g/mol. The van der Waals surface area contributed by atoms with Crippen molar-refractivity contribution in [2.75, 3.05) is 37.2 Å². The Hall–Kier alpha value is -1.89. The van der Waals surface area contributed by atoms with Crippen molar-refractivity contribution in [1.29, 1.82) is 0 Å². The van der Waals surface area contributed by atoms with Crippen molar-refractivity contribution >= 4 is 22.8 Å². The molecule has 1 aliphatic heterocycles. The van der Waals surface area contributed by atoms with E-state index in [0.29, 0.717) is 11.8 Å². The fourth-order valence-electron chi connectivity index (χ4n) is 3.60. The second kappa shape index (κ2) is 6.70. The molecule has 0 aliphatic carbocycles. The summed E-state index contributed by atoms with van der Waals surface area (Å²) < 4.78 is 1.72. The van der Waals surface area contributed by atoms with Gasteiger partial charge in [-0.3, -0.25) is 4.68 Å². The fourth-order valence-corrected chi connectivity index (χ4v) is 3.60. The molecule has 3 N–H and O–H groups in total. The van der Waals surface area contributed by atoms with E-state index in [1.54, 1.807) is 10.9 Å². The highest BCUT2D eigenvalue weighted by Gasteiger charge is 2.21. The van der Waals surface area contributed by atoms with Crippen LogP contribution in [0.2, 0.25) is 0 Å². The molecule has 0 spiro atoms. The Morgan fingerprint density at radius 2 is 2.00 bits per heavy atom. The lowest BCUT2D eigenvalue weighted by Gasteiger charge is -2.34. The number of nitrogens with one attached hydrogen (secondary N) is 1. The molecule has 2 aromatic rings. The summed E-state index contributed by atoms with van der Waals surface area (Å²) >= 11 is 0. The van der Waals surface area contributed by atoms with Crippen LogP contribution in [0.15, 0.2) is 6.20 Å². The number of nitrogens with two attached hydrogens (primary N) is 1. The third kappa shape index (κ3) is 3.72.